The molecule has 1 aromatic heterocycles. The van der Waals surface area contributed by atoms with Gasteiger partial charge in [0.1, 0.15) is 0 Å². The van der Waals surface area contributed by atoms with Crippen LogP contribution in [0.1, 0.15) is 48.7 Å². The second-order valence-corrected chi connectivity index (χ2v) is 8.50. The van der Waals surface area contributed by atoms with Gasteiger partial charge < -0.3 is 26.3 Å². The Bertz CT molecular complexity index is 993. The molecule has 0 saturated heterocycles. The number of hydrogen-bond acceptors (Lipinski definition) is 7. The van der Waals surface area contributed by atoms with Crippen molar-refractivity contribution in [2.24, 2.45) is 4.99 Å². The van der Waals surface area contributed by atoms with E-state index in [1.807, 2.05) is 25.9 Å². The minimum atomic E-state index is -0.611. The number of carbonyl (C=O) groups is 1. The molecule has 1 amide bonds. The number of nitrogen functional groups attached to an aromatic ring is 2. The number of hydrogen-bond donors (Lipinski definition) is 5. The number of aliphatic hydroxyl groups is 1. The van der Waals surface area contributed by atoms with Crippen molar-refractivity contribution in [3.05, 3.63) is 41.6 Å². The minimum absolute atomic E-state index is 0.00556. The summed E-state index contributed by atoms with van der Waals surface area (Å²) in [6.45, 7) is 1.86. The summed E-state index contributed by atoms with van der Waals surface area (Å²) in [7, 11) is 3.69. The smallest absolute Gasteiger partial charge is 0.312 e. The first-order chi connectivity index (χ1) is 14.6. The van der Waals surface area contributed by atoms with Gasteiger partial charge in [0.2, 0.25) is 5.69 Å². The van der Waals surface area contributed by atoms with Crippen molar-refractivity contribution in [3.8, 4) is 0 Å². The lowest BCUT2D eigenvalue weighted by Crippen LogP contribution is -2.42. The Morgan fingerprint density at radius 3 is 2.61 bits per heavy atom. The highest BCUT2D eigenvalue weighted by molar-refractivity contribution is 6.05. The van der Waals surface area contributed by atoms with Gasteiger partial charge in [0, 0.05) is 37.6 Å². The van der Waals surface area contributed by atoms with Gasteiger partial charge in [-0.15, -0.1) is 0 Å². The molecule has 1 aliphatic rings. The van der Waals surface area contributed by atoms with Gasteiger partial charge in [-0.1, -0.05) is 0 Å². The lowest BCUT2D eigenvalue weighted by molar-refractivity contribution is -0.894. The van der Waals surface area contributed by atoms with Crippen LogP contribution in [0.25, 0.3) is 0 Å². The molecule has 31 heavy (non-hydrogen) atoms. The molecule has 0 radical (unpaired) electrons. The number of pyridine rings is 1. The average molecular weight is 428 g/mol. The van der Waals surface area contributed by atoms with E-state index in [2.05, 4.69) is 10.3 Å². The first kappa shape index (κ1) is 22.4. The van der Waals surface area contributed by atoms with Gasteiger partial charge in [-0.3, -0.25) is 15.5 Å². The Balaban J connectivity index is 1.86. The lowest BCUT2D eigenvalue weighted by atomic mass is 9.84. The zero-order valence-electron chi connectivity index (χ0n) is 18.2. The highest BCUT2D eigenvalue weighted by Gasteiger charge is 2.28. The van der Waals surface area contributed by atoms with Crippen LogP contribution in [0.4, 0.5) is 22.9 Å². The quantitative estimate of drug-likeness (QED) is 0.213. The van der Waals surface area contributed by atoms with E-state index >= 15 is 0 Å². The molecule has 1 fully saturated rings. The summed E-state index contributed by atoms with van der Waals surface area (Å²) in [5.74, 6) is -0.461. The van der Waals surface area contributed by atoms with Crippen molar-refractivity contribution in [1.29, 1.82) is 0 Å². The first-order valence-corrected chi connectivity index (χ1v) is 10.2. The zero-order chi connectivity index (χ0) is 22.8. The molecule has 0 aliphatic heterocycles. The Morgan fingerprint density at radius 2 is 1.97 bits per heavy atom. The van der Waals surface area contributed by atoms with Crippen molar-refractivity contribution in [1.82, 2.24) is 0 Å². The number of anilines is 4. The highest BCUT2D eigenvalue weighted by Crippen LogP contribution is 2.31. The van der Waals surface area contributed by atoms with Gasteiger partial charge in [-0.25, -0.2) is 0 Å². The number of nitrogens with one attached hydrogen (secondary N) is 1. The maximum absolute atomic E-state index is 12.8. The number of aliphatic imine (C=N–C) groups is 1. The molecule has 0 unspecified atom stereocenters. The molecule has 0 spiro atoms. The summed E-state index contributed by atoms with van der Waals surface area (Å²) in [5.41, 5.74) is 13.8. The molecule has 9 heteroatoms. The van der Waals surface area contributed by atoms with E-state index in [0.717, 1.165) is 12.8 Å². The Labute approximate surface area is 182 Å². The van der Waals surface area contributed by atoms with Gasteiger partial charge in [-0.2, -0.15) is 0 Å². The number of amides is 1. The van der Waals surface area contributed by atoms with Crippen molar-refractivity contribution in [2.45, 2.75) is 44.2 Å². The van der Waals surface area contributed by atoms with E-state index < -0.39 is 11.5 Å². The number of aromatic nitrogens is 1. The predicted octanol–water partition coefficient (Wildman–Crippen LogP) is 1.81. The van der Waals surface area contributed by atoms with Crippen LogP contribution in [0, 0.1) is 0 Å². The van der Waals surface area contributed by atoms with E-state index in [1.165, 1.54) is 12.1 Å². The zero-order valence-corrected chi connectivity index (χ0v) is 18.2. The summed E-state index contributed by atoms with van der Waals surface area (Å²) in [6, 6.07) is 8.22. The fraction of sp³-hybridized carbons (Fsp3) is 0.409. The molecule has 7 N–H and O–H groups in total. The SMILES string of the molecule is CN(C)c1cc(N)c(C=NC2CCC(C)(O)CC2)cc1NC(=O)c1cccc(N)[n+]1O. The fourth-order valence-corrected chi connectivity index (χ4v) is 3.64. The lowest BCUT2D eigenvalue weighted by Gasteiger charge is -2.31. The monoisotopic (exact) mass is 427 g/mol. The third-order valence-corrected chi connectivity index (χ3v) is 5.61. The van der Waals surface area contributed by atoms with Crippen LogP contribution in [-0.4, -0.2) is 48.2 Å². The Hall–Kier alpha value is -3.33. The maximum Gasteiger partial charge on any atom is 0.312 e. The van der Waals surface area contributed by atoms with Gasteiger partial charge in [0.15, 0.2) is 0 Å². The van der Waals surface area contributed by atoms with Crippen LogP contribution in [0.15, 0.2) is 35.3 Å². The van der Waals surface area contributed by atoms with Crippen LogP contribution in [0.2, 0.25) is 0 Å². The fourth-order valence-electron chi connectivity index (χ4n) is 3.64. The molecule has 1 aliphatic carbocycles. The van der Waals surface area contributed by atoms with Gasteiger partial charge in [0.25, 0.3) is 5.91 Å². The second kappa shape index (κ2) is 8.81. The standard InChI is InChI=1S/C22H30N6O3/c1-22(30)9-7-15(8-10-22)25-13-14-11-17(19(27(2)3)12-16(14)23)26-21(29)18-5-4-6-20(24)28(18)31/h4-6,11-13,15,30-31H,7-10H2,1-3H3,(H4,23,24,25,26,29)/p+1. The molecule has 1 saturated carbocycles. The van der Waals surface area contributed by atoms with E-state index in [0.29, 0.717) is 40.2 Å². The Morgan fingerprint density at radius 1 is 1.29 bits per heavy atom. The summed E-state index contributed by atoms with van der Waals surface area (Å²) < 4.78 is 0.641. The normalized spacial score (nSPS) is 21.2. The first-order valence-electron chi connectivity index (χ1n) is 10.2. The third-order valence-electron chi connectivity index (χ3n) is 5.61. The van der Waals surface area contributed by atoms with E-state index in [9.17, 15) is 15.1 Å². The molecule has 9 nitrogen and oxygen atoms in total. The van der Waals surface area contributed by atoms with Gasteiger partial charge in [0.05, 0.1) is 23.0 Å². The van der Waals surface area contributed by atoms with Crippen molar-refractivity contribution >= 4 is 35.0 Å². The van der Waals surface area contributed by atoms with Crippen molar-refractivity contribution < 1.29 is 19.8 Å². The molecule has 166 valence electrons. The van der Waals surface area contributed by atoms with Crippen molar-refractivity contribution in [3.63, 3.8) is 0 Å². The largest absolute Gasteiger partial charge is 0.398 e. The summed E-state index contributed by atoms with van der Waals surface area (Å²) in [4.78, 5) is 19.3. The number of carbonyl (C=O) groups excluding carboxylic acids is 1. The highest BCUT2D eigenvalue weighted by atomic mass is 16.5. The number of nitrogens with two attached hydrogens (primary N) is 2. The van der Waals surface area contributed by atoms with Crippen molar-refractivity contribution in [2.75, 3.05) is 35.8 Å². The average Bonchev–Trinajstić information content (AvgIpc) is 2.70. The van der Waals surface area contributed by atoms with E-state index in [4.69, 9.17) is 11.5 Å². The molecule has 0 atom stereocenters. The summed E-state index contributed by atoms with van der Waals surface area (Å²) in [5, 5.41) is 23.0. The molecule has 1 aromatic carbocycles. The molecular formula is C22H31N6O3+. The maximum atomic E-state index is 12.8. The van der Waals surface area contributed by atoms with Gasteiger partial charge >= 0.3 is 5.82 Å². The van der Waals surface area contributed by atoms with E-state index in [1.54, 1.807) is 24.4 Å². The topological polar surface area (TPSA) is 141 Å². The number of nitrogens with zero attached hydrogens (tertiary/aromatic N) is 3. The number of rotatable bonds is 5. The Kier molecular flexibility index (Phi) is 6.35. The molecular weight excluding hydrogens is 396 g/mol. The van der Waals surface area contributed by atoms with Crippen LogP contribution in [0.5, 0.6) is 0 Å². The van der Waals surface area contributed by atoms with Crippen LogP contribution < -0.4 is 26.4 Å². The molecule has 3 rings (SSSR count). The molecule has 0 bridgehead atoms. The van der Waals surface area contributed by atoms with Gasteiger partial charge in [-0.05, 0) is 61.6 Å². The summed E-state index contributed by atoms with van der Waals surface area (Å²) >= 11 is 0. The third kappa shape index (κ3) is 5.24. The van der Waals surface area contributed by atoms with Crippen LogP contribution in [0.3, 0.4) is 0 Å². The minimum Gasteiger partial charge on any atom is -0.398 e. The second-order valence-electron chi connectivity index (χ2n) is 8.50. The van der Waals surface area contributed by atoms with Crippen LogP contribution in [-0.2, 0) is 0 Å². The number of benzene rings is 1. The predicted molar refractivity (Wildman–Crippen MR) is 122 cm³/mol. The van der Waals surface area contributed by atoms with E-state index in [-0.39, 0.29) is 17.6 Å². The van der Waals surface area contributed by atoms with Crippen LogP contribution >= 0.6 is 0 Å². The summed E-state index contributed by atoms with van der Waals surface area (Å²) in [6.07, 6.45) is 4.78. The molecule has 1 heterocycles. The molecule has 2 aromatic rings.